The molecule has 0 saturated carbocycles. The maximum Gasteiger partial charge on any atom is 0.303 e. The summed E-state index contributed by atoms with van der Waals surface area (Å²) in [6.45, 7) is 8.34. The Bertz CT molecular complexity index is 1440. The van der Waals surface area contributed by atoms with Crippen LogP contribution in [0.15, 0.2) is 41.1 Å². The van der Waals surface area contributed by atoms with Crippen LogP contribution in [0, 0.1) is 18.8 Å². The molecule has 0 amide bonds. The summed E-state index contributed by atoms with van der Waals surface area (Å²) >= 11 is 0. The van der Waals surface area contributed by atoms with Crippen LogP contribution in [0.2, 0.25) is 0 Å². The molecule has 186 valence electrons. The summed E-state index contributed by atoms with van der Waals surface area (Å²) < 4.78 is 13.2. The second kappa shape index (κ2) is 9.60. The van der Waals surface area contributed by atoms with E-state index in [-0.39, 0.29) is 12.1 Å². The van der Waals surface area contributed by atoms with E-state index in [9.17, 15) is 5.11 Å². The van der Waals surface area contributed by atoms with E-state index >= 15 is 0 Å². The van der Waals surface area contributed by atoms with Crippen LogP contribution in [0.3, 0.4) is 0 Å². The molecule has 1 atom stereocenters. The van der Waals surface area contributed by atoms with E-state index in [1.54, 1.807) is 32.2 Å². The second-order valence-corrected chi connectivity index (χ2v) is 9.20. The molecular weight excluding hydrogens is 458 g/mol. The Morgan fingerprint density at radius 3 is 2.81 bits per heavy atom. The van der Waals surface area contributed by atoms with Gasteiger partial charge in [-0.3, -0.25) is 4.90 Å². The Morgan fingerprint density at radius 2 is 2.08 bits per heavy atom. The number of nitrogen functional groups attached to an aromatic ring is 1. The number of nitrogens with two attached hydrogens (primary N) is 1. The van der Waals surface area contributed by atoms with Gasteiger partial charge in [-0.2, -0.15) is 9.97 Å². The van der Waals surface area contributed by atoms with Crippen molar-refractivity contribution < 1.29 is 14.4 Å². The van der Waals surface area contributed by atoms with Crippen molar-refractivity contribution in [2.45, 2.75) is 45.3 Å². The second-order valence-electron chi connectivity index (χ2n) is 9.20. The van der Waals surface area contributed by atoms with Crippen molar-refractivity contribution in [3.05, 3.63) is 53.5 Å². The van der Waals surface area contributed by atoms with Crippen molar-refractivity contribution in [1.82, 2.24) is 29.6 Å². The maximum atomic E-state index is 10.8. The molecule has 1 aliphatic rings. The molecular formula is C26H29N7O3. The highest BCUT2D eigenvalue weighted by molar-refractivity contribution is 5.80. The van der Waals surface area contributed by atoms with Gasteiger partial charge in [0, 0.05) is 37.0 Å². The molecule has 4 heterocycles. The fraction of sp³-hybridized carbons (Fsp3) is 0.385. The Kier molecular flexibility index (Phi) is 6.35. The molecule has 1 fully saturated rings. The van der Waals surface area contributed by atoms with Gasteiger partial charge in [0.2, 0.25) is 5.95 Å². The molecule has 1 aromatic carbocycles. The molecule has 10 nitrogen and oxygen atoms in total. The van der Waals surface area contributed by atoms with Gasteiger partial charge in [0.15, 0.2) is 5.60 Å². The van der Waals surface area contributed by atoms with Crippen LogP contribution in [0.25, 0.3) is 16.9 Å². The number of anilines is 1. The number of rotatable bonds is 7. The lowest BCUT2D eigenvalue weighted by atomic mass is 10.0. The van der Waals surface area contributed by atoms with Crippen LogP contribution in [0.5, 0.6) is 6.01 Å². The monoisotopic (exact) mass is 487 g/mol. The third kappa shape index (κ3) is 4.89. The van der Waals surface area contributed by atoms with Gasteiger partial charge in [0.05, 0.1) is 11.0 Å². The van der Waals surface area contributed by atoms with Crippen LogP contribution in [-0.2, 0) is 5.60 Å². The average Bonchev–Trinajstić information content (AvgIpc) is 3.42. The highest BCUT2D eigenvalue weighted by Gasteiger charge is 2.30. The first-order chi connectivity index (χ1) is 17.3. The first-order valence-corrected chi connectivity index (χ1v) is 12.0. The Hall–Kier alpha value is -3.94. The predicted molar refractivity (Wildman–Crippen MR) is 135 cm³/mol. The van der Waals surface area contributed by atoms with Crippen LogP contribution < -0.4 is 10.5 Å². The van der Waals surface area contributed by atoms with Crippen molar-refractivity contribution in [2.24, 2.45) is 0 Å². The van der Waals surface area contributed by atoms with Crippen molar-refractivity contribution >= 4 is 17.0 Å². The van der Waals surface area contributed by atoms with Gasteiger partial charge >= 0.3 is 6.01 Å². The fourth-order valence-electron chi connectivity index (χ4n) is 4.08. The summed E-state index contributed by atoms with van der Waals surface area (Å²) in [6, 6.07) is 9.48. The molecule has 36 heavy (non-hydrogen) atoms. The molecule has 3 N–H and O–H groups in total. The number of imidazole rings is 1. The molecule has 4 aromatic rings. The van der Waals surface area contributed by atoms with E-state index in [1.807, 2.05) is 22.8 Å². The Balaban J connectivity index is 1.48. The number of hydrogen-bond donors (Lipinski definition) is 2. The highest BCUT2D eigenvalue weighted by Crippen LogP contribution is 2.28. The van der Waals surface area contributed by atoms with E-state index in [0.29, 0.717) is 28.8 Å². The van der Waals surface area contributed by atoms with Gasteiger partial charge in [0.1, 0.15) is 23.4 Å². The van der Waals surface area contributed by atoms with Crippen molar-refractivity contribution in [2.75, 3.05) is 25.4 Å². The zero-order chi connectivity index (χ0) is 25.3. The number of aliphatic hydroxyl groups is 1. The third-order valence-corrected chi connectivity index (χ3v) is 6.11. The number of aromatic nitrogens is 5. The Labute approximate surface area is 209 Å². The van der Waals surface area contributed by atoms with E-state index in [1.165, 1.54) is 12.8 Å². The molecule has 1 saturated heterocycles. The molecule has 1 aliphatic heterocycles. The van der Waals surface area contributed by atoms with Gasteiger partial charge in [-0.05, 0) is 45.0 Å². The largest absolute Gasteiger partial charge is 0.458 e. The zero-order valence-corrected chi connectivity index (χ0v) is 20.6. The minimum Gasteiger partial charge on any atom is -0.458 e. The number of ether oxygens (including phenoxy) is 1. The topological polar surface area (TPSA) is 128 Å². The molecule has 0 aliphatic carbocycles. The molecule has 3 aromatic heterocycles. The summed E-state index contributed by atoms with van der Waals surface area (Å²) in [4.78, 5) is 15.5. The number of fused-ring (bicyclic) bond motifs is 1. The van der Waals surface area contributed by atoms with Gasteiger partial charge in [-0.25, -0.2) is 9.55 Å². The van der Waals surface area contributed by atoms with Crippen molar-refractivity contribution in [1.29, 1.82) is 0 Å². The first kappa shape index (κ1) is 23.8. The van der Waals surface area contributed by atoms with E-state index < -0.39 is 5.60 Å². The molecule has 5 rings (SSSR count). The fourth-order valence-corrected chi connectivity index (χ4v) is 4.08. The number of unbranched alkanes of at least 4 members (excludes halogenated alkanes) is 1. The summed E-state index contributed by atoms with van der Waals surface area (Å²) in [5.74, 6) is 7.25. The molecule has 0 bridgehead atoms. The normalized spacial score (nSPS) is 15.8. The first-order valence-electron chi connectivity index (χ1n) is 12.0. The average molecular weight is 488 g/mol. The quantitative estimate of drug-likeness (QED) is 0.378. The van der Waals surface area contributed by atoms with Crippen molar-refractivity contribution in [3.8, 4) is 23.7 Å². The van der Waals surface area contributed by atoms with E-state index in [2.05, 4.69) is 38.8 Å². The van der Waals surface area contributed by atoms with Crippen LogP contribution in [-0.4, -0.2) is 60.4 Å². The van der Waals surface area contributed by atoms with E-state index in [4.69, 9.17) is 20.0 Å². The van der Waals surface area contributed by atoms with Gasteiger partial charge in [-0.15, -0.1) is 0 Å². The van der Waals surface area contributed by atoms with Crippen LogP contribution >= 0.6 is 0 Å². The highest BCUT2D eigenvalue weighted by atomic mass is 16.5. The standard InChI is InChI=1S/C26H29N7O3/c1-4-5-12-32-15-19(16-32)35-25-29-20-7-6-18(8-10-26(3,34)22-13-17(2)36-31-22)14-21(20)33(25)23-9-11-28-24(27)30-23/h6-7,9,11,13-14,19,34H,4-5,12,15-16H2,1-3H3,(H2,27,28,30). The predicted octanol–water partition coefficient (Wildman–Crippen LogP) is 2.82. The number of benzene rings is 1. The number of aryl methyl sites for hydroxylation is 1. The lowest BCUT2D eigenvalue weighted by Crippen LogP contribution is -2.54. The van der Waals surface area contributed by atoms with Gasteiger partial charge in [0.25, 0.3) is 0 Å². The third-order valence-electron chi connectivity index (χ3n) is 6.11. The summed E-state index contributed by atoms with van der Waals surface area (Å²) in [6.07, 6.45) is 4.01. The number of hydrogen-bond acceptors (Lipinski definition) is 9. The summed E-state index contributed by atoms with van der Waals surface area (Å²) in [5, 5.41) is 14.7. The van der Waals surface area contributed by atoms with Crippen molar-refractivity contribution in [3.63, 3.8) is 0 Å². The number of likely N-dealkylation sites (tertiary alicyclic amines) is 1. The minimum absolute atomic E-state index is 0.0527. The summed E-state index contributed by atoms with van der Waals surface area (Å²) in [7, 11) is 0. The lowest BCUT2D eigenvalue weighted by Gasteiger charge is -2.38. The summed E-state index contributed by atoms with van der Waals surface area (Å²) in [5.41, 5.74) is 6.95. The van der Waals surface area contributed by atoms with E-state index in [0.717, 1.165) is 30.7 Å². The van der Waals surface area contributed by atoms with Crippen LogP contribution in [0.1, 0.15) is 43.7 Å². The SMILES string of the molecule is CCCCN1CC(Oc2nc3ccc(C#CC(C)(O)c4cc(C)on4)cc3n2-c2ccnc(N)n2)C1. The zero-order valence-electron chi connectivity index (χ0n) is 20.6. The maximum absolute atomic E-state index is 10.8. The van der Waals surface area contributed by atoms with Gasteiger partial charge < -0.3 is 20.1 Å². The van der Waals surface area contributed by atoms with Crippen LogP contribution in [0.4, 0.5) is 5.95 Å². The van der Waals surface area contributed by atoms with Gasteiger partial charge in [-0.1, -0.05) is 30.3 Å². The Morgan fingerprint density at radius 1 is 1.25 bits per heavy atom. The molecule has 0 radical (unpaired) electrons. The molecule has 10 heteroatoms. The lowest BCUT2D eigenvalue weighted by molar-refractivity contribution is 0.0128. The smallest absolute Gasteiger partial charge is 0.303 e. The molecule has 1 unspecified atom stereocenters. The minimum atomic E-state index is -1.46. The number of nitrogens with zero attached hydrogens (tertiary/aromatic N) is 6. The molecule has 0 spiro atoms.